The number of halogens is 2. The van der Waals surface area contributed by atoms with Crippen LogP contribution in [0.15, 0.2) is 40.9 Å². The van der Waals surface area contributed by atoms with E-state index in [1.165, 1.54) is 0 Å². The van der Waals surface area contributed by atoms with Crippen LogP contribution in [0.5, 0.6) is 0 Å². The van der Waals surface area contributed by atoms with Gasteiger partial charge in [0.25, 0.3) is 5.91 Å². The van der Waals surface area contributed by atoms with Crippen molar-refractivity contribution in [2.75, 3.05) is 12.4 Å². The zero-order valence-electron chi connectivity index (χ0n) is 11.8. The van der Waals surface area contributed by atoms with Crippen LogP contribution >= 0.6 is 27.5 Å². The third-order valence-corrected chi connectivity index (χ3v) is 3.84. The Morgan fingerprint density at radius 2 is 2.09 bits per heavy atom. The van der Waals surface area contributed by atoms with E-state index in [1.54, 1.807) is 31.3 Å². The minimum absolute atomic E-state index is 0.221. The van der Waals surface area contributed by atoms with Crippen molar-refractivity contribution in [3.05, 3.63) is 62.6 Å². The number of nitrogens with zero attached hydrogens (tertiary/aromatic N) is 1. The van der Waals surface area contributed by atoms with Gasteiger partial charge in [0.15, 0.2) is 0 Å². The topological polar surface area (TPSA) is 64.9 Å². The van der Waals surface area contributed by atoms with E-state index in [4.69, 9.17) is 11.6 Å². The predicted molar refractivity (Wildman–Crippen MR) is 91.0 cm³/mol. The summed E-state index contributed by atoms with van der Waals surface area (Å²) in [7, 11) is 1.57. The average Bonchev–Trinajstić information content (AvgIpc) is 2.53. The number of nitriles is 1. The molecule has 0 saturated heterocycles. The lowest BCUT2D eigenvalue weighted by Crippen LogP contribution is -2.19. The minimum atomic E-state index is -0.221. The molecule has 6 heteroatoms. The zero-order valence-corrected chi connectivity index (χ0v) is 14.1. The normalized spacial score (nSPS) is 9.91. The van der Waals surface area contributed by atoms with Crippen molar-refractivity contribution in [3.8, 4) is 6.07 Å². The molecule has 2 aromatic rings. The van der Waals surface area contributed by atoms with Crippen LogP contribution in [-0.2, 0) is 6.54 Å². The fourth-order valence-corrected chi connectivity index (χ4v) is 2.52. The third-order valence-electron chi connectivity index (χ3n) is 3.11. The van der Waals surface area contributed by atoms with Gasteiger partial charge in [-0.05, 0) is 35.9 Å². The van der Waals surface area contributed by atoms with Crippen molar-refractivity contribution in [2.45, 2.75) is 6.54 Å². The molecule has 2 rings (SSSR count). The Morgan fingerprint density at radius 3 is 2.77 bits per heavy atom. The molecule has 2 aromatic carbocycles. The Kier molecular flexibility index (Phi) is 5.42. The standard InChI is InChI=1S/C16H13BrClN3O/c1-20-16(22)14-7-13(18)4-5-15(14)21-9-10-2-3-12(17)6-11(10)8-19/h2-7,21H,9H2,1H3,(H,20,22). The molecule has 0 aliphatic heterocycles. The van der Waals surface area contributed by atoms with Gasteiger partial charge in [0, 0.05) is 28.8 Å². The van der Waals surface area contributed by atoms with Crippen LogP contribution in [0.25, 0.3) is 0 Å². The molecular weight excluding hydrogens is 366 g/mol. The maximum Gasteiger partial charge on any atom is 0.253 e. The maximum absolute atomic E-state index is 11.9. The zero-order chi connectivity index (χ0) is 16.1. The van der Waals surface area contributed by atoms with Crippen LogP contribution in [0.4, 0.5) is 5.69 Å². The first-order valence-electron chi connectivity index (χ1n) is 6.49. The lowest BCUT2D eigenvalue weighted by Gasteiger charge is -2.12. The van der Waals surface area contributed by atoms with E-state index in [2.05, 4.69) is 32.6 Å². The predicted octanol–water partition coefficient (Wildman–Crippen LogP) is 3.95. The Morgan fingerprint density at radius 1 is 1.32 bits per heavy atom. The summed E-state index contributed by atoms with van der Waals surface area (Å²) in [6.45, 7) is 0.432. The van der Waals surface area contributed by atoms with Gasteiger partial charge in [-0.2, -0.15) is 5.26 Å². The van der Waals surface area contributed by atoms with Crippen molar-refractivity contribution in [1.29, 1.82) is 5.26 Å². The van der Waals surface area contributed by atoms with Gasteiger partial charge in [0.2, 0.25) is 0 Å². The van der Waals surface area contributed by atoms with Crippen molar-refractivity contribution in [1.82, 2.24) is 5.32 Å². The number of carbonyl (C=O) groups excluding carboxylic acids is 1. The molecule has 0 fully saturated rings. The average molecular weight is 379 g/mol. The Labute approximate surface area is 142 Å². The van der Waals surface area contributed by atoms with Crippen LogP contribution in [0, 0.1) is 11.3 Å². The SMILES string of the molecule is CNC(=O)c1cc(Cl)ccc1NCc1ccc(Br)cc1C#N. The summed E-state index contributed by atoms with van der Waals surface area (Å²) in [5, 5.41) is 15.4. The van der Waals surface area contributed by atoms with Crippen LogP contribution in [0.1, 0.15) is 21.5 Å². The highest BCUT2D eigenvalue weighted by Gasteiger charge is 2.11. The number of carbonyl (C=O) groups is 1. The van der Waals surface area contributed by atoms with Crippen LogP contribution < -0.4 is 10.6 Å². The molecule has 2 N–H and O–H groups in total. The highest BCUT2D eigenvalue weighted by Crippen LogP contribution is 2.22. The van der Waals surface area contributed by atoms with Gasteiger partial charge in [-0.25, -0.2) is 0 Å². The van der Waals surface area contributed by atoms with E-state index in [1.807, 2.05) is 12.1 Å². The molecule has 0 aliphatic carbocycles. The fourth-order valence-electron chi connectivity index (χ4n) is 1.99. The molecule has 1 amide bonds. The molecule has 0 atom stereocenters. The summed E-state index contributed by atoms with van der Waals surface area (Å²) >= 11 is 9.29. The first kappa shape index (κ1) is 16.3. The van der Waals surface area contributed by atoms with Crippen molar-refractivity contribution in [2.24, 2.45) is 0 Å². The van der Waals surface area contributed by atoms with E-state index in [0.717, 1.165) is 10.0 Å². The number of nitrogens with one attached hydrogen (secondary N) is 2. The smallest absolute Gasteiger partial charge is 0.253 e. The van der Waals surface area contributed by atoms with Gasteiger partial charge in [-0.15, -0.1) is 0 Å². The summed E-state index contributed by atoms with van der Waals surface area (Å²) in [5.41, 5.74) is 2.56. The van der Waals surface area contributed by atoms with Gasteiger partial charge >= 0.3 is 0 Å². The van der Waals surface area contributed by atoms with Gasteiger partial charge in [-0.3, -0.25) is 4.79 Å². The number of benzene rings is 2. The minimum Gasteiger partial charge on any atom is -0.380 e. The largest absolute Gasteiger partial charge is 0.380 e. The monoisotopic (exact) mass is 377 g/mol. The summed E-state index contributed by atoms with van der Waals surface area (Å²) in [5.74, 6) is -0.221. The molecule has 0 bridgehead atoms. The molecule has 0 aromatic heterocycles. The molecule has 0 spiro atoms. The van der Waals surface area contributed by atoms with E-state index in [0.29, 0.717) is 28.4 Å². The van der Waals surface area contributed by atoms with Crippen LogP contribution in [-0.4, -0.2) is 13.0 Å². The van der Waals surface area contributed by atoms with Crippen molar-refractivity contribution >= 4 is 39.1 Å². The van der Waals surface area contributed by atoms with Gasteiger partial charge in [0.1, 0.15) is 0 Å². The molecule has 0 aliphatic rings. The number of rotatable bonds is 4. The first-order valence-corrected chi connectivity index (χ1v) is 7.66. The first-order chi connectivity index (χ1) is 10.5. The number of anilines is 1. The van der Waals surface area contributed by atoms with E-state index < -0.39 is 0 Å². The summed E-state index contributed by atoms with van der Waals surface area (Å²) in [4.78, 5) is 11.9. The van der Waals surface area contributed by atoms with E-state index in [-0.39, 0.29) is 5.91 Å². The van der Waals surface area contributed by atoms with Crippen LogP contribution in [0.2, 0.25) is 5.02 Å². The Hall–Kier alpha value is -2.03. The quantitative estimate of drug-likeness (QED) is 0.847. The van der Waals surface area contributed by atoms with Gasteiger partial charge < -0.3 is 10.6 Å². The second kappa shape index (κ2) is 7.30. The Bertz CT molecular complexity index is 756. The third kappa shape index (κ3) is 3.79. The number of amides is 1. The number of hydrogen-bond acceptors (Lipinski definition) is 3. The molecule has 22 heavy (non-hydrogen) atoms. The highest BCUT2D eigenvalue weighted by atomic mass is 79.9. The van der Waals surface area contributed by atoms with Crippen molar-refractivity contribution < 1.29 is 4.79 Å². The molecule has 0 heterocycles. The van der Waals surface area contributed by atoms with Crippen LogP contribution in [0.3, 0.4) is 0 Å². The summed E-state index contributed by atoms with van der Waals surface area (Å²) in [6.07, 6.45) is 0. The fraction of sp³-hybridized carbons (Fsp3) is 0.125. The van der Waals surface area contributed by atoms with E-state index >= 15 is 0 Å². The molecule has 4 nitrogen and oxygen atoms in total. The second-order valence-corrected chi connectivity index (χ2v) is 5.89. The molecule has 0 saturated carbocycles. The summed E-state index contributed by atoms with van der Waals surface area (Å²) in [6, 6.07) is 12.7. The Balaban J connectivity index is 2.26. The lowest BCUT2D eigenvalue weighted by atomic mass is 10.1. The molecule has 0 unspecified atom stereocenters. The lowest BCUT2D eigenvalue weighted by molar-refractivity contribution is 0.0964. The molecular formula is C16H13BrClN3O. The number of hydrogen-bond donors (Lipinski definition) is 2. The highest BCUT2D eigenvalue weighted by molar-refractivity contribution is 9.10. The maximum atomic E-state index is 11.9. The van der Waals surface area contributed by atoms with Gasteiger partial charge in [-0.1, -0.05) is 33.6 Å². The summed E-state index contributed by atoms with van der Waals surface area (Å²) < 4.78 is 0.852. The molecule has 112 valence electrons. The second-order valence-electron chi connectivity index (χ2n) is 4.54. The van der Waals surface area contributed by atoms with Crippen molar-refractivity contribution in [3.63, 3.8) is 0 Å². The van der Waals surface area contributed by atoms with Gasteiger partial charge in [0.05, 0.1) is 17.2 Å². The molecule has 0 radical (unpaired) electrons. The van der Waals surface area contributed by atoms with E-state index in [9.17, 15) is 10.1 Å².